The molecule has 1 amide bonds. The molecule has 1 aliphatic carbocycles. The molecular weight excluding hydrogens is 481 g/mol. The summed E-state index contributed by atoms with van der Waals surface area (Å²) in [6.07, 6.45) is 7.62. The van der Waals surface area contributed by atoms with Crippen molar-refractivity contribution >= 4 is 17.5 Å². The van der Waals surface area contributed by atoms with Crippen LogP contribution in [0.3, 0.4) is 0 Å². The summed E-state index contributed by atoms with van der Waals surface area (Å²) >= 11 is 0. The first kappa shape index (κ1) is 25.6. The van der Waals surface area contributed by atoms with Crippen LogP contribution >= 0.6 is 0 Å². The molecule has 4 aromatic rings. The number of aromatic nitrogens is 2. The second kappa shape index (κ2) is 11.2. The summed E-state index contributed by atoms with van der Waals surface area (Å²) in [5.41, 5.74) is 3.47. The van der Waals surface area contributed by atoms with E-state index in [9.17, 15) is 19.1 Å². The molecule has 0 spiro atoms. The van der Waals surface area contributed by atoms with Crippen molar-refractivity contribution in [3.63, 3.8) is 0 Å². The van der Waals surface area contributed by atoms with E-state index in [0.29, 0.717) is 30.0 Å². The number of carboxylic acid groups (broad SMARTS) is 1. The van der Waals surface area contributed by atoms with Gasteiger partial charge in [0.1, 0.15) is 17.2 Å². The van der Waals surface area contributed by atoms with Crippen molar-refractivity contribution in [1.29, 1.82) is 0 Å². The molecule has 2 N–H and O–H groups in total. The van der Waals surface area contributed by atoms with Gasteiger partial charge in [0.25, 0.3) is 5.91 Å². The van der Waals surface area contributed by atoms with Crippen LogP contribution in [0, 0.1) is 11.7 Å². The lowest BCUT2D eigenvalue weighted by Gasteiger charge is -2.38. The third-order valence-electron chi connectivity index (χ3n) is 7.76. The van der Waals surface area contributed by atoms with Gasteiger partial charge < -0.3 is 10.4 Å². The molecule has 7 heteroatoms. The number of carboxylic acids is 1. The van der Waals surface area contributed by atoms with Crippen LogP contribution in [0.5, 0.6) is 0 Å². The normalized spacial score (nSPS) is 15.7. The molecule has 0 radical (unpaired) electrons. The summed E-state index contributed by atoms with van der Waals surface area (Å²) in [5.74, 6) is -1.98. The third kappa shape index (κ3) is 5.62. The molecule has 38 heavy (non-hydrogen) atoms. The van der Waals surface area contributed by atoms with Crippen molar-refractivity contribution in [3.05, 3.63) is 107 Å². The van der Waals surface area contributed by atoms with E-state index in [4.69, 9.17) is 0 Å². The summed E-state index contributed by atoms with van der Waals surface area (Å²) in [4.78, 5) is 30.0. The van der Waals surface area contributed by atoms with Gasteiger partial charge in [0, 0.05) is 24.6 Å². The van der Waals surface area contributed by atoms with Gasteiger partial charge in [-0.05, 0) is 54.7 Å². The Bertz CT molecular complexity index is 1410. The number of amides is 1. The third-order valence-corrected chi connectivity index (χ3v) is 7.76. The Morgan fingerprint density at radius 1 is 0.947 bits per heavy atom. The van der Waals surface area contributed by atoms with E-state index < -0.39 is 11.9 Å². The monoisotopic (exact) mass is 513 g/mol. The molecule has 5 rings (SSSR count). The van der Waals surface area contributed by atoms with Gasteiger partial charge in [-0.3, -0.25) is 14.0 Å². The maximum Gasteiger partial charge on any atom is 0.307 e. The second-order valence-electron chi connectivity index (χ2n) is 10.3. The predicted octanol–water partition coefficient (Wildman–Crippen LogP) is 5.59. The van der Waals surface area contributed by atoms with Crippen LogP contribution in [-0.4, -0.2) is 32.9 Å². The first-order valence-corrected chi connectivity index (χ1v) is 13.2. The van der Waals surface area contributed by atoms with E-state index in [1.165, 1.54) is 12.1 Å². The van der Waals surface area contributed by atoms with Crippen LogP contribution in [0.4, 0.5) is 4.39 Å². The molecule has 2 aromatic carbocycles. The highest BCUT2D eigenvalue weighted by Gasteiger charge is 2.34. The number of aliphatic carboxylic acids is 1. The molecule has 1 atom stereocenters. The van der Waals surface area contributed by atoms with Crippen LogP contribution in [0.1, 0.15) is 59.4 Å². The Balaban J connectivity index is 1.34. The molecule has 1 aliphatic rings. The maximum absolute atomic E-state index is 13.6. The Morgan fingerprint density at radius 2 is 1.68 bits per heavy atom. The zero-order valence-corrected chi connectivity index (χ0v) is 21.3. The van der Waals surface area contributed by atoms with E-state index in [-0.39, 0.29) is 23.6 Å². The summed E-state index contributed by atoms with van der Waals surface area (Å²) in [6, 6.07) is 21.6. The van der Waals surface area contributed by atoms with Gasteiger partial charge in [-0.2, -0.15) is 0 Å². The number of imidazole rings is 1. The van der Waals surface area contributed by atoms with Gasteiger partial charge in [-0.1, -0.05) is 67.8 Å². The van der Waals surface area contributed by atoms with Crippen LogP contribution in [0.25, 0.3) is 5.65 Å². The van der Waals surface area contributed by atoms with Gasteiger partial charge in [0.2, 0.25) is 0 Å². The van der Waals surface area contributed by atoms with Crippen molar-refractivity contribution < 1.29 is 19.1 Å². The quantitative estimate of drug-likeness (QED) is 0.306. The summed E-state index contributed by atoms with van der Waals surface area (Å²) in [5, 5.41) is 13.0. The fourth-order valence-electron chi connectivity index (χ4n) is 5.68. The molecule has 1 saturated carbocycles. The maximum atomic E-state index is 13.6. The standard InChI is InChI=1S/C31H32FN3O3/c32-25-14-12-24(13-15-25)31(16-5-2-6-17-31)21-33-29(36)27-10-7-11-28-34-26(20-35(27)28)19-23(30(37)38)18-22-8-3-1-4-9-22/h1,3-4,7-15,20,23H,2,5-6,16-19,21H2,(H,33,36)(H,37,38). The van der Waals surface area contributed by atoms with Crippen LogP contribution in [-0.2, 0) is 23.1 Å². The summed E-state index contributed by atoms with van der Waals surface area (Å²) < 4.78 is 15.3. The van der Waals surface area contributed by atoms with E-state index in [0.717, 1.165) is 43.2 Å². The molecule has 2 heterocycles. The van der Waals surface area contributed by atoms with Crippen LogP contribution in [0.15, 0.2) is 79.0 Å². The lowest BCUT2D eigenvalue weighted by atomic mass is 9.69. The lowest BCUT2D eigenvalue weighted by Crippen LogP contribution is -2.42. The number of rotatable bonds is 9. The highest BCUT2D eigenvalue weighted by atomic mass is 19.1. The van der Waals surface area contributed by atoms with Gasteiger partial charge in [-0.15, -0.1) is 0 Å². The SMILES string of the molecule is O=C(NCC1(c2ccc(F)cc2)CCCCC1)c1cccc2nc(CC(Cc3ccccc3)C(=O)O)cn12. The van der Waals surface area contributed by atoms with Gasteiger partial charge in [0.15, 0.2) is 0 Å². The molecule has 6 nitrogen and oxygen atoms in total. The topological polar surface area (TPSA) is 83.7 Å². The Kier molecular flexibility index (Phi) is 7.54. The number of hydrogen-bond donors (Lipinski definition) is 2. The minimum atomic E-state index is -0.873. The molecule has 0 bridgehead atoms. The molecule has 1 fully saturated rings. The number of hydrogen-bond acceptors (Lipinski definition) is 3. The number of pyridine rings is 1. The zero-order valence-electron chi connectivity index (χ0n) is 21.3. The smallest absolute Gasteiger partial charge is 0.307 e. The van der Waals surface area contributed by atoms with Crippen LogP contribution in [0.2, 0.25) is 0 Å². The Morgan fingerprint density at radius 3 is 2.39 bits per heavy atom. The Labute approximate surface area is 221 Å². The van der Waals surface area contributed by atoms with Crippen molar-refractivity contribution in [2.75, 3.05) is 6.54 Å². The average Bonchev–Trinajstić information content (AvgIpc) is 3.35. The number of benzene rings is 2. The van der Waals surface area contributed by atoms with E-state index in [2.05, 4.69) is 10.3 Å². The number of halogens is 1. The fourth-order valence-corrected chi connectivity index (χ4v) is 5.68. The van der Waals surface area contributed by atoms with E-state index >= 15 is 0 Å². The van der Waals surface area contributed by atoms with Gasteiger partial charge >= 0.3 is 5.97 Å². The molecule has 0 saturated heterocycles. The molecule has 196 valence electrons. The van der Waals surface area contributed by atoms with Crippen molar-refractivity contribution in [2.24, 2.45) is 5.92 Å². The van der Waals surface area contributed by atoms with Crippen molar-refractivity contribution in [2.45, 2.75) is 50.4 Å². The molecule has 2 aromatic heterocycles. The largest absolute Gasteiger partial charge is 0.481 e. The van der Waals surface area contributed by atoms with Crippen LogP contribution < -0.4 is 5.32 Å². The highest BCUT2D eigenvalue weighted by molar-refractivity contribution is 5.93. The van der Waals surface area contributed by atoms with Crippen molar-refractivity contribution in [3.8, 4) is 0 Å². The van der Waals surface area contributed by atoms with Gasteiger partial charge in [0.05, 0.1) is 11.6 Å². The first-order valence-electron chi connectivity index (χ1n) is 13.2. The summed E-state index contributed by atoms with van der Waals surface area (Å²) in [7, 11) is 0. The number of nitrogens with zero attached hydrogens (tertiary/aromatic N) is 2. The van der Waals surface area contributed by atoms with E-state index in [1.807, 2.05) is 48.5 Å². The summed E-state index contributed by atoms with van der Waals surface area (Å²) in [6.45, 7) is 0.466. The van der Waals surface area contributed by atoms with Crippen molar-refractivity contribution in [1.82, 2.24) is 14.7 Å². The molecule has 0 aliphatic heterocycles. The lowest BCUT2D eigenvalue weighted by molar-refractivity contribution is -0.141. The average molecular weight is 514 g/mol. The number of nitrogens with one attached hydrogen (secondary N) is 1. The predicted molar refractivity (Wildman–Crippen MR) is 144 cm³/mol. The first-order chi connectivity index (χ1) is 18.4. The highest BCUT2D eigenvalue weighted by Crippen LogP contribution is 2.39. The molecular formula is C31H32FN3O3. The fraction of sp³-hybridized carbons (Fsp3) is 0.323. The van der Waals surface area contributed by atoms with E-state index in [1.54, 1.807) is 22.7 Å². The minimum Gasteiger partial charge on any atom is -0.481 e. The zero-order chi connectivity index (χ0) is 26.5. The number of carbonyl (C=O) groups is 2. The van der Waals surface area contributed by atoms with Gasteiger partial charge in [-0.25, -0.2) is 9.37 Å². The Hall–Kier alpha value is -4.00. The second-order valence-corrected chi connectivity index (χ2v) is 10.3. The molecule has 1 unspecified atom stereocenters. The number of fused-ring (bicyclic) bond motifs is 1. The minimum absolute atomic E-state index is 0.217. The number of carbonyl (C=O) groups excluding carboxylic acids is 1.